The average Bonchev–Trinajstić information content (AvgIpc) is 2.50. The molecule has 2 aromatic carbocycles. The highest BCUT2D eigenvalue weighted by Gasteiger charge is 2.21. The topological polar surface area (TPSA) is 84.5 Å². The molecule has 0 unspecified atom stereocenters. The zero-order chi connectivity index (χ0) is 16.4. The minimum Gasteiger partial charge on any atom is -0.481 e. The van der Waals surface area contributed by atoms with Crippen LogP contribution in [0.4, 0.5) is 11.4 Å². The Kier molecular flexibility index (Phi) is 3.96. The highest BCUT2D eigenvalue weighted by molar-refractivity contribution is 7.91. The van der Waals surface area contributed by atoms with E-state index in [-0.39, 0.29) is 18.3 Å². The second kappa shape index (κ2) is 5.92. The van der Waals surface area contributed by atoms with Gasteiger partial charge in [0.05, 0.1) is 11.4 Å². The molecule has 0 atom stereocenters. The number of fused-ring (bicyclic) bond motifs is 1. The maximum absolute atomic E-state index is 12.4. The van der Waals surface area contributed by atoms with Crippen LogP contribution < -0.4 is 14.8 Å². The molecule has 0 bridgehead atoms. The van der Waals surface area contributed by atoms with Crippen molar-refractivity contribution in [1.29, 1.82) is 0 Å². The predicted octanol–water partition coefficient (Wildman–Crippen LogP) is 2.27. The van der Waals surface area contributed by atoms with Crippen molar-refractivity contribution in [3.8, 4) is 5.75 Å². The first-order valence-electron chi connectivity index (χ1n) is 7.05. The van der Waals surface area contributed by atoms with Gasteiger partial charge in [-0.2, -0.15) is 0 Å². The highest BCUT2D eigenvalue weighted by Crippen LogP contribution is 2.35. The molecule has 6 nitrogen and oxygen atoms in total. The molecule has 0 saturated carbocycles. The van der Waals surface area contributed by atoms with Crippen molar-refractivity contribution in [2.75, 3.05) is 16.6 Å². The number of carbonyl (C=O) groups is 1. The number of rotatable bonds is 4. The van der Waals surface area contributed by atoms with Crippen molar-refractivity contribution in [2.24, 2.45) is 0 Å². The van der Waals surface area contributed by atoms with Gasteiger partial charge in [-0.15, -0.1) is 0 Å². The summed E-state index contributed by atoms with van der Waals surface area (Å²) in [4.78, 5) is 11.5. The molecule has 0 saturated heterocycles. The normalized spacial score (nSPS) is 13.7. The molecule has 0 aliphatic carbocycles. The lowest BCUT2D eigenvalue weighted by Crippen LogP contribution is -2.27. The van der Waals surface area contributed by atoms with E-state index in [4.69, 9.17) is 4.74 Å². The zero-order valence-corrected chi connectivity index (χ0v) is 13.3. The monoisotopic (exact) mass is 332 g/mol. The van der Waals surface area contributed by atoms with E-state index in [0.29, 0.717) is 22.7 Å². The van der Waals surface area contributed by atoms with Gasteiger partial charge in [0.1, 0.15) is 11.4 Å². The van der Waals surface area contributed by atoms with E-state index in [9.17, 15) is 13.2 Å². The van der Waals surface area contributed by atoms with Crippen LogP contribution in [-0.2, 0) is 20.6 Å². The van der Waals surface area contributed by atoms with E-state index in [1.807, 2.05) is 19.1 Å². The number of carbonyl (C=O) groups excluding carboxylic acids is 1. The molecule has 120 valence electrons. The molecule has 1 heterocycles. The summed E-state index contributed by atoms with van der Waals surface area (Å²) in [5, 5.41) is 2.63. The molecule has 0 spiro atoms. The Morgan fingerprint density at radius 2 is 1.91 bits per heavy atom. The summed E-state index contributed by atoms with van der Waals surface area (Å²) in [7, 11) is -3.61. The van der Waals surface area contributed by atoms with E-state index in [0.717, 1.165) is 5.56 Å². The van der Waals surface area contributed by atoms with Crippen molar-refractivity contribution in [3.05, 3.63) is 53.6 Å². The van der Waals surface area contributed by atoms with E-state index in [1.165, 1.54) is 0 Å². The second-order valence-electron chi connectivity index (χ2n) is 5.36. The van der Waals surface area contributed by atoms with Crippen molar-refractivity contribution < 1.29 is 17.9 Å². The van der Waals surface area contributed by atoms with Gasteiger partial charge in [-0.05, 0) is 24.6 Å². The minimum atomic E-state index is -3.61. The SMILES string of the molecule is Cc1ccc(CS(=O)(=O)Nc2cccc3c2NC(=O)CO3)cc1. The Balaban J connectivity index is 1.83. The van der Waals surface area contributed by atoms with Gasteiger partial charge in [-0.1, -0.05) is 35.9 Å². The van der Waals surface area contributed by atoms with Crippen LogP contribution in [-0.4, -0.2) is 20.9 Å². The first kappa shape index (κ1) is 15.4. The van der Waals surface area contributed by atoms with Crippen LogP contribution in [0.2, 0.25) is 0 Å². The minimum absolute atomic E-state index is 0.0768. The van der Waals surface area contributed by atoms with E-state index < -0.39 is 10.0 Å². The molecule has 3 rings (SSSR count). The number of benzene rings is 2. The molecular weight excluding hydrogens is 316 g/mol. The summed E-state index contributed by atoms with van der Waals surface area (Å²) in [6.07, 6.45) is 0. The van der Waals surface area contributed by atoms with Gasteiger partial charge in [-0.3, -0.25) is 9.52 Å². The lowest BCUT2D eigenvalue weighted by Gasteiger charge is -2.21. The van der Waals surface area contributed by atoms with Crippen molar-refractivity contribution in [1.82, 2.24) is 0 Å². The molecule has 7 heteroatoms. The van der Waals surface area contributed by atoms with Crippen LogP contribution in [0.15, 0.2) is 42.5 Å². The Labute approximate surface area is 134 Å². The molecule has 1 aliphatic heterocycles. The summed E-state index contributed by atoms with van der Waals surface area (Å²) in [6, 6.07) is 12.2. The lowest BCUT2D eigenvalue weighted by molar-refractivity contribution is -0.118. The van der Waals surface area contributed by atoms with Gasteiger partial charge in [0.2, 0.25) is 10.0 Å². The van der Waals surface area contributed by atoms with Crippen LogP contribution in [0.3, 0.4) is 0 Å². The van der Waals surface area contributed by atoms with Gasteiger partial charge >= 0.3 is 0 Å². The molecule has 0 aromatic heterocycles. The summed E-state index contributed by atoms with van der Waals surface area (Å²) >= 11 is 0. The first-order chi connectivity index (χ1) is 10.9. The number of ether oxygens (including phenoxy) is 1. The zero-order valence-electron chi connectivity index (χ0n) is 12.5. The van der Waals surface area contributed by atoms with Crippen LogP contribution in [0.1, 0.15) is 11.1 Å². The molecule has 2 N–H and O–H groups in total. The van der Waals surface area contributed by atoms with Gasteiger partial charge < -0.3 is 10.1 Å². The second-order valence-corrected chi connectivity index (χ2v) is 7.08. The Bertz CT molecular complexity index is 845. The van der Waals surface area contributed by atoms with Crippen LogP contribution >= 0.6 is 0 Å². The number of sulfonamides is 1. The first-order valence-corrected chi connectivity index (χ1v) is 8.70. The van der Waals surface area contributed by atoms with Gasteiger partial charge in [0.25, 0.3) is 5.91 Å². The Morgan fingerprint density at radius 3 is 2.65 bits per heavy atom. The van der Waals surface area contributed by atoms with Gasteiger partial charge in [0.15, 0.2) is 6.61 Å². The number of nitrogens with one attached hydrogen (secondary N) is 2. The van der Waals surface area contributed by atoms with Gasteiger partial charge in [0, 0.05) is 0 Å². The molecule has 2 aromatic rings. The van der Waals surface area contributed by atoms with Gasteiger partial charge in [-0.25, -0.2) is 8.42 Å². The molecule has 23 heavy (non-hydrogen) atoms. The van der Waals surface area contributed by atoms with E-state index in [1.54, 1.807) is 30.3 Å². The fourth-order valence-corrected chi connectivity index (χ4v) is 3.50. The smallest absolute Gasteiger partial charge is 0.262 e. The standard InChI is InChI=1S/C16H16N2O4S/c1-11-5-7-12(8-6-11)10-23(20,21)18-13-3-2-4-14-16(13)17-15(19)9-22-14/h2-8,18H,9-10H2,1H3,(H,17,19). The summed E-state index contributed by atoms with van der Waals surface area (Å²) < 4.78 is 32.5. The van der Waals surface area contributed by atoms with E-state index >= 15 is 0 Å². The average molecular weight is 332 g/mol. The van der Waals surface area contributed by atoms with Crippen LogP contribution in [0, 0.1) is 6.92 Å². The Hall–Kier alpha value is -2.54. The third-order valence-corrected chi connectivity index (χ3v) is 4.64. The maximum Gasteiger partial charge on any atom is 0.262 e. The number of aryl methyl sites for hydroxylation is 1. The predicted molar refractivity (Wildman–Crippen MR) is 88.0 cm³/mol. The van der Waals surface area contributed by atoms with Crippen LogP contribution in [0.25, 0.3) is 0 Å². The van der Waals surface area contributed by atoms with Crippen molar-refractivity contribution in [2.45, 2.75) is 12.7 Å². The summed E-state index contributed by atoms with van der Waals surface area (Å²) in [6.45, 7) is 1.86. The van der Waals surface area contributed by atoms with Crippen molar-refractivity contribution >= 4 is 27.3 Å². The largest absolute Gasteiger partial charge is 0.481 e. The maximum atomic E-state index is 12.4. The number of hydrogen-bond acceptors (Lipinski definition) is 4. The molecule has 0 radical (unpaired) electrons. The molecule has 1 aliphatic rings. The number of anilines is 2. The van der Waals surface area contributed by atoms with E-state index in [2.05, 4.69) is 10.0 Å². The quantitative estimate of drug-likeness (QED) is 0.899. The van der Waals surface area contributed by atoms with Crippen molar-refractivity contribution in [3.63, 3.8) is 0 Å². The van der Waals surface area contributed by atoms with Crippen LogP contribution in [0.5, 0.6) is 5.75 Å². The summed E-state index contributed by atoms with van der Waals surface area (Å²) in [5.41, 5.74) is 2.39. The molecule has 1 amide bonds. The highest BCUT2D eigenvalue weighted by atomic mass is 32.2. The fourth-order valence-electron chi connectivity index (χ4n) is 2.29. The number of para-hydroxylation sites is 1. The molecular formula is C16H16N2O4S. The number of amides is 1. The Morgan fingerprint density at radius 1 is 1.17 bits per heavy atom. The summed E-state index contributed by atoms with van der Waals surface area (Å²) in [5.74, 6) is -0.0195. The molecule has 0 fully saturated rings. The lowest BCUT2D eigenvalue weighted by atomic mass is 10.2. The fraction of sp³-hybridized carbons (Fsp3) is 0.188. The third-order valence-electron chi connectivity index (χ3n) is 3.39. The third kappa shape index (κ3) is 3.62. The number of hydrogen-bond donors (Lipinski definition) is 2.